The van der Waals surface area contributed by atoms with Crippen molar-refractivity contribution in [1.82, 2.24) is 4.98 Å². The van der Waals surface area contributed by atoms with Crippen LogP contribution in [0.15, 0.2) is 36.5 Å². The first-order valence-electron chi connectivity index (χ1n) is 5.04. The molecule has 1 aromatic heterocycles. The van der Waals surface area contributed by atoms with Gasteiger partial charge in [-0.15, -0.1) is 0 Å². The summed E-state index contributed by atoms with van der Waals surface area (Å²) in [5, 5.41) is 8.98. The van der Waals surface area contributed by atoms with Gasteiger partial charge in [0.15, 0.2) is 0 Å². The Bertz CT molecular complexity index is 581. The van der Waals surface area contributed by atoms with E-state index in [1.807, 2.05) is 31.2 Å². The van der Waals surface area contributed by atoms with Crippen LogP contribution in [0.25, 0.3) is 11.1 Å². The molecule has 2 rings (SSSR count). The maximum atomic E-state index is 10.9. The molecule has 4 heteroatoms. The molecule has 1 heterocycles. The summed E-state index contributed by atoms with van der Waals surface area (Å²) >= 11 is 5.72. The van der Waals surface area contributed by atoms with Crippen molar-refractivity contribution in [3.8, 4) is 11.1 Å². The molecule has 0 radical (unpaired) electrons. The van der Waals surface area contributed by atoms with Gasteiger partial charge in [-0.1, -0.05) is 41.4 Å². The Hall–Kier alpha value is -1.87. The summed E-state index contributed by atoms with van der Waals surface area (Å²) in [6, 6.07) is 9.30. The molecular formula is C13H10ClNO2. The van der Waals surface area contributed by atoms with Gasteiger partial charge >= 0.3 is 5.97 Å². The van der Waals surface area contributed by atoms with Gasteiger partial charge in [0.05, 0.1) is 5.56 Å². The van der Waals surface area contributed by atoms with E-state index in [4.69, 9.17) is 16.7 Å². The molecule has 0 aliphatic carbocycles. The second-order valence-corrected chi connectivity index (χ2v) is 4.10. The number of nitrogens with zero attached hydrogens (tertiary/aromatic N) is 1. The van der Waals surface area contributed by atoms with Gasteiger partial charge in [0.2, 0.25) is 0 Å². The number of benzene rings is 1. The van der Waals surface area contributed by atoms with E-state index in [0.717, 1.165) is 16.7 Å². The van der Waals surface area contributed by atoms with E-state index in [1.165, 1.54) is 6.07 Å². The fourth-order valence-electron chi connectivity index (χ4n) is 1.58. The molecule has 0 saturated carbocycles. The number of aryl methyl sites for hydroxylation is 1. The molecule has 1 N–H and O–H groups in total. The number of halogens is 1. The van der Waals surface area contributed by atoms with Crippen LogP contribution in [-0.2, 0) is 0 Å². The molecule has 17 heavy (non-hydrogen) atoms. The number of rotatable bonds is 2. The van der Waals surface area contributed by atoms with Gasteiger partial charge in [-0.2, -0.15) is 0 Å². The molecule has 1 aromatic carbocycles. The average molecular weight is 248 g/mol. The Labute approximate surface area is 104 Å². The van der Waals surface area contributed by atoms with E-state index >= 15 is 0 Å². The molecule has 2 aromatic rings. The van der Waals surface area contributed by atoms with Crippen LogP contribution in [0.4, 0.5) is 0 Å². The molecule has 0 atom stereocenters. The monoisotopic (exact) mass is 247 g/mol. The van der Waals surface area contributed by atoms with E-state index in [1.54, 1.807) is 6.20 Å². The van der Waals surface area contributed by atoms with E-state index in [0.29, 0.717) is 0 Å². The summed E-state index contributed by atoms with van der Waals surface area (Å²) < 4.78 is 0. The fraction of sp³-hybridized carbons (Fsp3) is 0.0769. The number of pyridine rings is 1. The maximum Gasteiger partial charge on any atom is 0.338 e. The average Bonchev–Trinajstić information content (AvgIpc) is 2.29. The van der Waals surface area contributed by atoms with Crippen LogP contribution in [0.1, 0.15) is 15.9 Å². The topological polar surface area (TPSA) is 50.2 Å². The molecule has 0 saturated heterocycles. The van der Waals surface area contributed by atoms with Crippen molar-refractivity contribution in [2.45, 2.75) is 6.92 Å². The quantitative estimate of drug-likeness (QED) is 0.828. The van der Waals surface area contributed by atoms with Gasteiger partial charge in [-0.25, -0.2) is 9.78 Å². The van der Waals surface area contributed by atoms with Gasteiger partial charge < -0.3 is 5.11 Å². The first-order chi connectivity index (χ1) is 8.08. The second-order valence-electron chi connectivity index (χ2n) is 3.74. The van der Waals surface area contributed by atoms with Crippen molar-refractivity contribution in [2.24, 2.45) is 0 Å². The van der Waals surface area contributed by atoms with Crippen LogP contribution in [0, 0.1) is 6.92 Å². The molecule has 86 valence electrons. The highest BCUT2D eigenvalue weighted by atomic mass is 35.5. The van der Waals surface area contributed by atoms with Crippen molar-refractivity contribution in [3.05, 3.63) is 52.8 Å². The van der Waals surface area contributed by atoms with E-state index in [2.05, 4.69) is 4.98 Å². The van der Waals surface area contributed by atoms with Crippen molar-refractivity contribution < 1.29 is 9.90 Å². The number of carboxylic acid groups (broad SMARTS) is 1. The van der Waals surface area contributed by atoms with Gasteiger partial charge in [-0.3, -0.25) is 0 Å². The number of carbonyl (C=O) groups is 1. The van der Waals surface area contributed by atoms with Crippen LogP contribution >= 0.6 is 11.6 Å². The zero-order valence-corrected chi connectivity index (χ0v) is 9.90. The molecule has 0 amide bonds. The fourth-order valence-corrected chi connectivity index (χ4v) is 1.76. The lowest BCUT2D eigenvalue weighted by Crippen LogP contribution is -1.99. The highest BCUT2D eigenvalue weighted by Crippen LogP contribution is 2.23. The normalized spacial score (nSPS) is 10.2. The first-order valence-corrected chi connectivity index (χ1v) is 5.41. The van der Waals surface area contributed by atoms with E-state index in [9.17, 15) is 4.79 Å². The maximum absolute atomic E-state index is 10.9. The van der Waals surface area contributed by atoms with Crippen molar-refractivity contribution >= 4 is 17.6 Å². The Balaban J connectivity index is 2.54. The highest BCUT2D eigenvalue weighted by molar-refractivity contribution is 6.32. The zero-order valence-electron chi connectivity index (χ0n) is 9.14. The molecule has 0 aliphatic rings. The lowest BCUT2D eigenvalue weighted by atomic mass is 10.0. The summed E-state index contributed by atoms with van der Waals surface area (Å²) in [7, 11) is 0. The Morgan fingerprint density at radius 1 is 1.29 bits per heavy atom. The molecule has 3 nitrogen and oxygen atoms in total. The standard InChI is InChI=1S/C13H10ClNO2/c1-8-3-2-4-9(5-8)10-6-11(13(16)17)12(14)15-7-10/h2-7H,1H3,(H,16,17). The zero-order chi connectivity index (χ0) is 12.4. The molecule has 0 spiro atoms. The third kappa shape index (κ3) is 2.45. The second kappa shape index (κ2) is 4.55. The van der Waals surface area contributed by atoms with Gasteiger partial charge in [0.25, 0.3) is 0 Å². The minimum absolute atomic E-state index is 0.00824. The highest BCUT2D eigenvalue weighted by Gasteiger charge is 2.11. The summed E-state index contributed by atoms with van der Waals surface area (Å²) in [4.78, 5) is 14.8. The SMILES string of the molecule is Cc1cccc(-c2cnc(Cl)c(C(=O)O)c2)c1. The Morgan fingerprint density at radius 3 is 2.71 bits per heavy atom. The van der Waals surface area contributed by atoms with Crippen LogP contribution in [-0.4, -0.2) is 16.1 Å². The van der Waals surface area contributed by atoms with Crippen molar-refractivity contribution in [3.63, 3.8) is 0 Å². The Kier molecular flexibility index (Phi) is 3.11. The third-order valence-electron chi connectivity index (χ3n) is 2.42. The van der Waals surface area contributed by atoms with Gasteiger partial charge in [0.1, 0.15) is 5.15 Å². The summed E-state index contributed by atoms with van der Waals surface area (Å²) in [5.41, 5.74) is 2.80. The predicted molar refractivity (Wildman–Crippen MR) is 66.4 cm³/mol. The summed E-state index contributed by atoms with van der Waals surface area (Å²) in [6.45, 7) is 1.98. The van der Waals surface area contributed by atoms with Gasteiger partial charge in [-0.05, 0) is 18.6 Å². The molecule has 0 bridgehead atoms. The first kappa shape index (κ1) is 11.6. The third-order valence-corrected chi connectivity index (χ3v) is 2.72. The predicted octanol–water partition coefficient (Wildman–Crippen LogP) is 3.41. The molecule has 0 unspecified atom stereocenters. The van der Waals surface area contributed by atoms with Gasteiger partial charge in [0, 0.05) is 11.8 Å². The lowest BCUT2D eigenvalue weighted by molar-refractivity contribution is 0.0696. The van der Waals surface area contributed by atoms with Crippen LogP contribution in [0.5, 0.6) is 0 Å². The molecule has 0 aliphatic heterocycles. The number of aromatic nitrogens is 1. The number of carboxylic acids is 1. The number of hydrogen-bond acceptors (Lipinski definition) is 2. The van der Waals surface area contributed by atoms with Crippen molar-refractivity contribution in [1.29, 1.82) is 0 Å². The Morgan fingerprint density at radius 2 is 2.06 bits per heavy atom. The lowest BCUT2D eigenvalue weighted by Gasteiger charge is -2.04. The minimum atomic E-state index is -1.07. The number of aromatic carboxylic acids is 1. The number of hydrogen-bond donors (Lipinski definition) is 1. The van der Waals surface area contributed by atoms with Crippen LogP contribution in [0.2, 0.25) is 5.15 Å². The van der Waals surface area contributed by atoms with E-state index in [-0.39, 0.29) is 10.7 Å². The molecular weight excluding hydrogens is 238 g/mol. The molecule has 0 fully saturated rings. The van der Waals surface area contributed by atoms with E-state index < -0.39 is 5.97 Å². The van der Waals surface area contributed by atoms with Crippen LogP contribution < -0.4 is 0 Å². The largest absolute Gasteiger partial charge is 0.478 e. The smallest absolute Gasteiger partial charge is 0.338 e. The van der Waals surface area contributed by atoms with Crippen LogP contribution in [0.3, 0.4) is 0 Å². The summed E-state index contributed by atoms with van der Waals surface area (Å²) in [6.07, 6.45) is 1.57. The van der Waals surface area contributed by atoms with Crippen molar-refractivity contribution in [2.75, 3.05) is 0 Å². The summed E-state index contributed by atoms with van der Waals surface area (Å²) in [5.74, 6) is -1.07. The minimum Gasteiger partial charge on any atom is -0.478 e.